The predicted molar refractivity (Wildman–Crippen MR) is 129 cm³/mol. The molecule has 0 bridgehead atoms. The smallest absolute Gasteiger partial charge is 0.227 e. The number of thiophene rings is 1. The Morgan fingerprint density at radius 2 is 1.97 bits per heavy atom. The first-order valence-corrected chi connectivity index (χ1v) is 12.3. The molecule has 0 radical (unpaired) electrons. The molecule has 3 heterocycles. The third-order valence-corrected chi connectivity index (χ3v) is 7.19. The van der Waals surface area contributed by atoms with Crippen molar-refractivity contribution in [3.05, 3.63) is 46.2 Å². The van der Waals surface area contributed by atoms with Crippen LogP contribution in [-0.4, -0.2) is 57.3 Å². The quantitative estimate of drug-likeness (QED) is 0.536. The van der Waals surface area contributed by atoms with Crippen molar-refractivity contribution in [2.45, 2.75) is 46.2 Å². The van der Waals surface area contributed by atoms with E-state index in [4.69, 9.17) is 0 Å². The number of hydrogen-bond donors (Lipinski definition) is 1. The van der Waals surface area contributed by atoms with Crippen LogP contribution in [-0.2, 0) is 29.1 Å². The molecule has 1 aliphatic heterocycles. The Bertz CT molecular complexity index is 1090. The third-order valence-electron chi connectivity index (χ3n) is 6.17. The number of carbonyl (C=O) groups is 2. The molecule has 1 aromatic carbocycles. The fourth-order valence-electron chi connectivity index (χ4n) is 4.21. The molecule has 3 aromatic rings. The lowest BCUT2D eigenvalue weighted by Crippen LogP contribution is -2.35. The topological polar surface area (TPSA) is 70.5 Å². The summed E-state index contributed by atoms with van der Waals surface area (Å²) in [5.74, 6) is 0.412. The van der Waals surface area contributed by atoms with Crippen LogP contribution in [0.5, 0.6) is 0 Å². The van der Waals surface area contributed by atoms with E-state index in [1.807, 2.05) is 29.2 Å². The van der Waals surface area contributed by atoms with Gasteiger partial charge in [-0.3, -0.25) is 14.9 Å². The molecule has 8 heteroatoms. The second-order valence-corrected chi connectivity index (χ2v) is 9.09. The molecule has 1 aliphatic rings. The van der Waals surface area contributed by atoms with Gasteiger partial charge >= 0.3 is 0 Å². The number of nitrogens with zero attached hydrogens (tertiary/aromatic N) is 4. The zero-order chi connectivity index (χ0) is 22.5. The average molecular weight is 454 g/mol. The average Bonchev–Trinajstić information content (AvgIpc) is 3.42. The van der Waals surface area contributed by atoms with Gasteiger partial charge in [-0.1, -0.05) is 26.0 Å². The molecule has 4 rings (SSSR count). The fourth-order valence-corrected chi connectivity index (χ4v) is 5.10. The summed E-state index contributed by atoms with van der Waals surface area (Å²) in [6.45, 7) is 9.28. The van der Waals surface area contributed by atoms with Crippen LogP contribution in [0.2, 0.25) is 0 Å². The van der Waals surface area contributed by atoms with Crippen LogP contribution in [0.15, 0.2) is 35.7 Å². The van der Waals surface area contributed by atoms with Crippen LogP contribution in [0.3, 0.4) is 0 Å². The highest BCUT2D eigenvalue weighted by atomic mass is 32.1. The molecule has 1 N–H and O–H groups in total. The molecule has 2 aromatic heterocycles. The minimum atomic E-state index is -0.175. The maximum Gasteiger partial charge on any atom is 0.227 e. The monoisotopic (exact) mass is 453 g/mol. The SMILES string of the molecule is CCN(CC)CCn1c(NC(=O)CCC(=O)N2CCc3sccc3C2)nc2ccccc21. The number of amides is 2. The Hall–Kier alpha value is -2.71. The second-order valence-electron chi connectivity index (χ2n) is 8.09. The molecule has 0 unspecified atom stereocenters. The van der Waals surface area contributed by atoms with Crippen LogP contribution >= 0.6 is 11.3 Å². The van der Waals surface area contributed by atoms with E-state index in [2.05, 4.69) is 45.1 Å². The predicted octanol–water partition coefficient (Wildman–Crippen LogP) is 3.74. The van der Waals surface area contributed by atoms with Crippen molar-refractivity contribution in [3.8, 4) is 0 Å². The lowest BCUT2D eigenvalue weighted by Gasteiger charge is -2.27. The van der Waals surface area contributed by atoms with Gasteiger partial charge < -0.3 is 14.4 Å². The number of carbonyl (C=O) groups excluding carboxylic acids is 2. The molecule has 0 saturated heterocycles. The third kappa shape index (κ3) is 5.02. The standard InChI is InChI=1S/C24H31N5O2S/c1-3-27(4-2)14-15-29-20-8-6-5-7-19(20)25-24(29)26-22(30)9-10-23(31)28-13-11-21-18(17-28)12-16-32-21/h5-8,12,16H,3-4,9-11,13-15,17H2,1-2H3,(H,25,26,30). The van der Waals surface area contributed by atoms with E-state index in [1.165, 1.54) is 10.4 Å². The fraction of sp³-hybridized carbons (Fsp3) is 0.458. The van der Waals surface area contributed by atoms with Crippen molar-refractivity contribution in [1.29, 1.82) is 0 Å². The number of nitrogens with one attached hydrogen (secondary N) is 1. The summed E-state index contributed by atoms with van der Waals surface area (Å²) in [4.78, 5) is 35.6. The Morgan fingerprint density at radius 3 is 2.78 bits per heavy atom. The molecule has 0 fully saturated rings. The first-order valence-electron chi connectivity index (χ1n) is 11.4. The van der Waals surface area contributed by atoms with Crippen molar-refractivity contribution in [3.63, 3.8) is 0 Å². The largest absolute Gasteiger partial charge is 0.338 e. The molecule has 32 heavy (non-hydrogen) atoms. The number of fused-ring (bicyclic) bond motifs is 2. The van der Waals surface area contributed by atoms with Gasteiger partial charge in [0.15, 0.2) is 0 Å². The van der Waals surface area contributed by atoms with E-state index >= 15 is 0 Å². The molecule has 0 saturated carbocycles. The maximum atomic E-state index is 12.7. The molecule has 0 spiro atoms. The Balaban J connectivity index is 1.38. The van der Waals surface area contributed by atoms with Crippen molar-refractivity contribution in [1.82, 2.24) is 19.4 Å². The van der Waals surface area contributed by atoms with E-state index in [0.29, 0.717) is 12.5 Å². The number of benzene rings is 1. The van der Waals surface area contributed by atoms with Crippen LogP contribution < -0.4 is 5.32 Å². The van der Waals surface area contributed by atoms with Crippen LogP contribution in [0, 0.1) is 0 Å². The van der Waals surface area contributed by atoms with Gasteiger partial charge in [0.25, 0.3) is 0 Å². The van der Waals surface area contributed by atoms with Gasteiger partial charge in [0.05, 0.1) is 11.0 Å². The highest BCUT2D eigenvalue weighted by Gasteiger charge is 2.22. The van der Waals surface area contributed by atoms with Gasteiger partial charge in [-0.25, -0.2) is 4.98 Å². The minimum absolute atomic E-state index is 0.0343. The Labute approximate surface area is 193 Å². The summed E-state index contributed by atoms with van der Waals surface area (Å²) >= 11 is 1.76. The van der Waals surface area contributed by atoms with E-state index in [0.717, 1.165) is 50.2 Å². The van der Waals surface area contributed by atoms with E-state index in [9.17, 15) is 9.59 Å². The number of likely N-dealkylation sites (N-methyl/N-ethyl adjacent to an activating group) is 1. The van der Waals surface area contributed by atoms with Gasteiger partial charge in [-0.2, -0.15) is 0 Å². The second kappa shape index (κ2) is 10.3. The highest BCUT2D eigenvalue weighted by Crippen LogP contribution is 2.24. The zero-order valence-electron chi connectivity index (χ0n) is 18.8. The normalized spacial score (nSPS) is 13.5. The molecule has 0 aliphatic carbocycles. The van der Waals surface area contributed by atoms with E-state index < -0.39 is 0 Å². The van der Waals surface area contributed by atoms with Crippen LogP contribution in [0.1, 0.15) is 37.1 Å². The van der Waals surface area contributed by atoms with Crippen molar-refractivity contribution >= 4 is 40.1 Å². The molecular weight excluding hydrogens is 422 g/mol. The summed E-state index contributed by atoms with van der Waals surface area (Å²) in [6.07, 6.45) is 1.28. The van der Waals surface area contributed by atoms with E-state index in [-0.39, 0.29) is 24.7 Å². The number of rotatable bonds is 9. The summed E-state index contributed by atoms with van der Waals surface area (Å²) in [7, 11) is 0. The maximum absolute atomic E-state index is 12.7. The molecule has 2 amide bonds. The van der Waals surface area contributed by atoms with Gasteiger partial charge in [0.1, 0.15) is 0 Å². The van der Waals surface area contributed by atoms with Crippen LogP contribution in [0.4, 0.5) is 5.95 Å². The first kappa shape index (κ1) is 22.5. The number of anilines is 1. The molecule has 170 valence electrons. The van der Waals surface area contributed by atoms with E-state index in [1.54, 1.807) is 11.3 Å². The van der Waals surface area contributed by atoms with Crippen molar-refractivity contribution in [2.75, 3.05) is 31.5 Å². The van der Waals surface area contributed by atoms with Gasteiger partial charge in [0.2, 0.25) is 17.8 Å². The molecular formula is C24H31N5O2S. The zero-order valence-corrected chi connectivity index (χ0v) is 19.7. The summed E-state index contributed by atoms with van der Waals surface area (Å²) in [5, 5.41) is 5.04. The number of imidazole rings is 1. The number of aromatic nitrogens is 2. The number of para-hydroxylation sites is 2. The Kier molecular flexibility index (Phi) is 7.22. The van der Waals surface area contributed by atoms with Gasteiger partial charge in [-0.15, -0.1) is 11.3 Å². The summed E-state index contributed by atoms with van der Waals surface area (Å²) < 4.78 is 2.07. The molecule has 7 nitrogen and oxygen atoms in total. The van der Waals surface area contributed by atoms with Crippen molar-refractivity contribution in [2.24, 2.45) is 0 Å². The van der Waals surface area contributed by atoms with Crippen molar-refractivity contribution < 1.29 is 9.59 Å². The van der Waals surface area contributed by atoms with Gasteiger partial charge in [0, 0.05) is 43.9 Å². The van der Waals surface area contributed by atoms with Crippen LogP contribution in [0.25, 0.3) is 11.0 Å². The first-order chi connectivity index (χ1) is 15.6. The lowest BCUT2D eigenvalue weighted by molar-refractivity contribution is -0.133. The Morgan fingerprint density at radius 1 is 1.16 bits per heavy atom. The van der Waals surface area contributed by atoms with Gasteiger partial charge in [-0.05, 0) is 48.7 Å². The highest BCUT2D eigenvalue weighted by molar-refractivity contribution is 7.10. The summed E-state index contributed by atoms with van der Waals surface area (Å²) in [5.41, 5.74) is 3.10. The minimum Gasteiger partial charge on any atom is -0.338 e. The lowest BCUT2D eigenvalue weighted by atomic mass is 10.1. The molecule has 0 atom stereocenters. The number of hydrogen-bond acceptors (Lipinski definition) is 5. The summed E-state index contributed by atoms with van der Waals surface area (Å²) in [6, 6.07) is 10.0.